The van der Waals surface area contributed by atoms with Gasteiger partial charge in [0.25, 0.3) is 0 Å². The zero-order valence-corrected chi connectivity index (χ0v) is 18.8. The topological polar surface area (TPSA) is 54.6 Å². The fourth-order valence-electron chi connectivity index (χ4n) is 3.62. The largest absolute Gasteiger partial charge is 0.396 e. The van der Waals surface area contributed by atoms with Gasteiger partial charge in [-0.05, 0) is 74.9 Å². The summed E-state index contributed by atoms with van der Waals surface area (Å²) in [7, 11) is 0. The molecule has 0 aliphatic carbocycles. The predicted octanol–water partition coefficient (Wildman–Crippen LogP) is 6.08. The van der Waals surface area contributed by atoms with E-state index < -0.39 is 5.82 Å². The SMILES string of the molecule is CC.CCCC(=O)c1cc(C)c(-c2nc3cc(C)ccn3c2CCCCO)c(F)c1. The molecule has 30 heavy (non-hydrogen) atoms. The highest BCUT2D eigenvalue weighted by Crippen LogP contribution is 2.32. The van der Waals surface area contributed by atoms with Crippen LogP contribution in [0.2, 0.25) is 0 Å². The fourth-order valence-corrected chi connectivity index (χ4v) is 3.62. The molecule has 0 bridgehead atoms. The Morgan fingerprint density at radius 2 is 1.90 bits per heavy atom. The fraction of sp³-hybridized carbons (Fsp3) is 0.440. The second-order valence-electron chi connectivity index (χ2n) is 7.34. The maximum absolute atomic E-state index is 15.1. The molecule has 4 nitrogen and oxygen atoms in total. The van der Waals surface area contributed by atoms with Crippen molar-refractivity contribution in [1.82, 2.24) is 9.38 Å². The van der Waals surface area contributed by atoms with Gasteiger partial charge in [-0.2, -0.15) is 0 Å². The monoisotopic (exact) mass is 412 g/mol. The lowest BCUT2D eigenvalue weighted by molar-refractivity contribution is 0.0981. The minimum atomic E-state index is -0.414. The first-order valence-corrected chi connectivity index (χ1v) is 10.9. The molecule has 5 heteroatoms. The van der Waals surface area contributed by atoms with Crippen LogP contribution >= 0.6 is 0 Å². The van der Waals surface area contributed by atoms with Crippen LogP contribution < -0.4 is 0 Å². The number of ketones is 1. The third kappa shape index (κ3) is 5.14. The first-order valence-electron chi connectivity index (χ1n) is 10.9. The predicted molar refractivity (Wildman–Crippen MR) is 121 cm³/mol. The summed E-state index contributed by atoms with van der Waals surface area (Å²) in [4.78, 5) is 16.9. The number of aromatic nitrogens is 2. The Balaban J connectivity index is 0.00000155. The lowest BCUT2D eigenvalue weighted by Gasteiger charge is -2.11. The number of Topliss-reactive ketones (excluding diaryl/α,β-unsaturated/α-hetero) is 1. The Morgan fingerprint density at radius 1 is 1.17 bits per heavy atom. The number of halogens is 1. The van der Waals surface area contributed by atoms with E-state index in [1.165, 1.54) is 6.07 Å². The van der Waals surface area contributed by atoms with Gasteiger partial charge in [0.05, 0.1) is 11.4 Å². The molecule has 0 aliphatic heterocycles. The average molecular weight is 413 g/mol. The van der Waals surface area contributed by atoms with Crippen LogP contribution in [0.4, 0.5) is 4.39 Å². The van der Waals surface area contributed by atoms with E-state index in [1.54, 1.807) is 6.07 Å². The molecule has 162 valence electrons. The van der Waals surface area contributed by atoms with Gasteiger partial charge in [0.1, 0.15) is 11.5 Å². The lowest BCUT2D eigenvalue weighted by Crippen LogP contribution is -2.03. The number of rotatable bonds is 8. The van der Waals surface area contributed by atoms with Gasteiger partial charge in [-0.25, -0.2) is 9.37 Å². The number of carbonyl (C=O) groups is 1. The average Bonchev–Trinajstić information content (AvgIpc) is 3.06. The van der Waals surface area contributed by atoms with Crippen LogP contribution in [0, 0.1) is 19.7 Å². The van der Waals surface area contributed by atoms with Crippen LogP contribution in [0.5, 0.6) is 0 Å². The van der Waals surface area contributed by atoms with Crippen molar-refractivity contribution >= 4 is 11.4 Å². The van der Waals surface area contributed by atoms with E-state index in [0.29, 0.717) is 41.6 Å². The summed E-state index contributed by atoms with van der Waals surface area (Å²) < 4.78 is 17.1. The molecule has 3 rings (SSSR count). The smallest absolute Gasteiger partial charge is 0.162 e. The number of pyridine rings is 1. The molecule has 0 aliphatic rings. The molecule has 1 N–H and O–H groups in total. The standard InChI is InChI=1S/C23H27FN2O2.C2H6/c1-4-7-20(28)17-13-16(3)22(18(24)14-17)23-19(8-5-6-11-27)26-10-9-15(2)12-21(26)25-23;1-2/h9-10,12-14,27H,4-8,11H2,1-3H3;1-2H3. The van der Waals surface area contributed by atoms with Gasteiger partial charge in [-0.3, -0.25) is 4.79 Å². The van der Waals surface area contributed by atoms with E-state index in [4.69, 9.17) is 10.1 Å². The van der Waals surface area contributed by atoms with Crippen LogP contribution in [-0.4, -0.2) is 26.9 Å². The minimum absolute atomic E-state index is 0.0372. The summed E-state index contributed by atoms with van der Waals surface area (Å²) in [5.74, 6) is -0.451. The molecule has 0 radical (unpaired) electrons. The molecule has 3 aromatic rings. The Morgan fingerprint density at radius 3 is 2.53 bits per heavy atom. The van der Waals surface area contributed by atoms with E-state index in [-0.39, 0.29) is 12.4 Å². The highest BCUT2D eigenvalue weighted by atomic mass is 19.1. The molecule has 0 saturated carbocycles. The summed E-state index contributed by atoms with van der Waals surface area (Å²) in [6.45, 7) is 9.90. The van der Waals surface area contributed by atoms with Crippen molar-refractivity contribution in [3.63, 3.8) is 0 Å². The van der Waals surface area contributed by atoms with Crippen molar-refractivity contribution in [1.29, 1.82) is 0 Å². The van der Waals surface area contributed by atoms with Gasteiger partial charge < -0.3 is 9.51 Å². The molecule has 0 unspecified atom stereocenters. The van der Waals surface area contributed by atoms with E-state index in [2.05, 4.69) is 0 Å². The summed E-state index contributed by atoms with van der Waals surface area (Å²) >= 11 is 0. The van der Waals surface area contributed by atoms with E-state index in [1.807, 2.05) is 57.3 Å². The molecule has 0 amide bonds. The van der Waals surface area contributed by atoms with Gasteiger partial charge in [0.15, 0.2) is 5.78 Å². The van der Waals surface area contributed by atoms with Crippen molar-refractivity contribution in [3.8, 4) is 11.3 Å². The number of nitrogens with zero attached hydrogens (tertiary/aromatic N) is 2. The first kappa shape index (κ1) is 23.7. The second kappa shape index (κ2) is 11.0. The van der Waals surface area contributed by atoms with Crippen LogP contribution in [0.3, 0.4) is 0 Å². The Labute approximate surface area is 178 Å². The Bertz CT molecular complexity index is 985. The Kier molecular flexibility index (Phi) is 8.72. The van der Waals surface area contributed by atoms with Gasteiger partial charge in [0, 0.05) is 30.4 Å². The first-order chi connectivity index (χ1) is 14.5. The molecule has 2 aromatic heterocycles. The number of carbonyl (C=O) groups excluding carboxylic acids is 1. The molecule has 1 aromatic carbocycles. The zero-order valence-electron chi connectivity index (χ0n) is 18.8. The van der Waals surface area contributed by atoms with Crippen molar-refractivity contribution < 1.29 is 14.3 Å². The number of unbranched alkanes of at least 4 members (excludes halogenated alkanes) is 1. The van der Waals surface area contributed by atoms with E-state index >= 15 is 4.39 Å². The van der Waals surface area contributed by atoms with Crippen LogP contribution in [-0.2, 0) is 6.42 Å². The molecular formula is C25H33FN2O2. The third-order valence-corrected chi connectivity index (χ3v) is 5.03. The number of benzene rings is 1. The van der Waals surface area contributed by atoms with Crippen molar-refractivity contribution in [3.05, 3.63) is 58.7 Å². The molecule has 0 saturated heterocycles. The number of aryl methyl sites for hydroxylation is 3. The summed E-state index contributed by atoms with van der Waals surface area (Å²) in [5.41, 5.74) is 4.99. The van der Waals surface area contributed by atoms with Gasteiger partial charge in [-0.15, -0.1) is 0 Å². The van der Waals surface area contributed by atoms with Crippen LogP contribution in [0.1, 0.15) is 73.6 Å². The molecule has 2 heterocycles. The maximum atomic E-state index is 15.1. The number of fused-ring (bicyclic) bond motifs is 1. The molecular weight excluding hydrogens is 379 g/mol. The maximum Gasteiger partial charge on any atom is 0.162 e. The quantitative estimate of drug-likeness (QED) is 0.360. The van der Waals surface area contributed by atoms with Crippen molar-refractivity contribution in [2.75, 3.05) is 6.61 Å². The molecule has 0 spiro atoms. The Hall–Kier alpha value is -2.53. The van der Waals surface area contributed by atoms with Gasteiger partial charge >= 0.3 is 0 Å². The minimum Gasteiger partial charge on any atom is -0.396 e. The summed E-state index contributed by atoms with van der Waals surface area (Å²) in [5, 5.41) is 9.13. The molecule has 0 atom stereocenters. The molecule has 0 fully saturated rings. The zero-order chi connectivity index (χ0) is 22.3. The van der Waals surface area contributed by atoms with Gasteiger partial charge in [0.2, 0.25) is 0 Å². The number of aliphatic hydroxyl groups is 1. The summed E-state index contributed by atoms with van der Waals surface area (Å²) in [6, 6.07) is 7.09. The second-order valence-corrected chi connectivity index (χ2v) is 7.34. The van der Waals surface area contributed by atoms with E-state index in [0.717, 1.165) is 29.7 Å². The number of hydrogen-bond donors (Lipinski definition) is 1. The normalized spacial score (nSPS) is 10.8. The van der Waals surface area contributed by atoms with Crippen molar-refractivity contribution in [2.45, 2.75) is 66.7 Å². The number of hydrogen-bond acceptors (Lipinski definition) is 3. The van der Waals surface area contributed by atoms with Gasteiger partial charge in [-0.1, -0.05) is 20.8 Å². The number of aliphatic hydroxyl groups excluding tert-OH is 1. The van der Waals surface area contributed by atoms with E-state index in [9.17, 15) is 4.79 Å². The number of imidazole rings is 1. The third-order valence-electron chi connectivity index (χ3n) is 5.03. The van der Waals surface area contributed by atoms with Crippen LogP contribution in [0.25, 0.3) is 16.9 Å². The lowest BCUT2D eigenvalue weighted by atomic mass is 9.96. The summed E-state index contributed by atoms with van der Waals surface area (Å²) in [6.07, 6.45) is 5.28. The van der Waals surface area contributed by atoms with Crippen LogP contribution in [0.15, 0.2) is 30.5 Å². The highest BCUT2D eigenvalue weighted by Gasteiger charge is 2.21. The van der Waals surface area contributed by atoms with Crippen molar-refractivity contribution in [2.24, 2.45) is 0 Å². The highest BCUT2D eigenvalue weighted by molar-refractivity contribution is 5.97.